The quantitative estimate of drug-likeness (QED) is 0.283. The van der Waals surface area contributed by atoms with Gasteiger partial charge in [-0.1, -0.05) is 74.0 Å². The molecule has 0 atom stereocenters. The maximum Gasteiger partial charge on any atom is 0.243 e. The minimum Gasteiger partial charge on any atom is -0.340 e. The van der Waals surface area contributed by atoms with Crippen molar-refractivity contribution in [1.29, 1.82) is 0 Å². The Morgan fingerprint density at radius 3 is 2.31 bits per heavy atom. The zero-order valence-electron chi connectivity index (χ0n) is 21.4. The van der Waals surface area contributed by atoms with Crippen LogP contribution in [0.3, 0.4) is 0 Å². The predicted octanol–water partition coefficient (Wildman–Crippen LogP) is 6.74. The number of hydrogen-bond acceptors (Lipinski definition) is 2. The lowest BCUT2D eigenvalue weighted by Crippen LogP contribution is -2.34. The maximum atomic E-state index is 13.3. The fourth-order valence-electron chi connectivity index (χ4n) is 5.36. The minimum absolute atomic E-state index is 0.380. The monoisotopic (exact) mass is 498 g/mol. The molecule has 0 unspecified atom stereocenters. The van der Waals surface area contributed by atoms with E-state index in [1.54, 1.807) is 16.4 Å². The highest BCUT2D eigenvalue weighted by atomic mass is 32.2. The molecule has 0 saturated heterocycles. The Kier molecular flexibility index (Phi) is 6.87. The standard InChI is InChI=1S/C31H34N2O2S/c1-4-9-25-14-16-28(17-15-25)36(34,35)32-20-18-26(19-21-32)31-24(3)33(30-13-8-7-12-29(30)31)22-27-11-6-5-10-23(27)2/h5-8,10-18H,4,9,19-22H2,1-3H3. The molecular weight excluding hydrogens is 464 g/mol. The topological polar surface area (TPSA) is 42.3 Å². The van der Waals surface area contributed by atoms with Gasteiger partial charge in [0.25, 0.3) is 0 Å². The lowest BCUT2D eigenvalue weighted by atomic mass is 9.97. The Bertz CT molecular complexity index is 1530. The third-order valence-corrected chi connectivity index (χ3v) is 9.29. The third-order valence-electron chi connectivity index (χ3n) is 7.41. The second kappa shape index (κ2) is 10.1. The highest BCUT2D eigenvalue weighted by Crippen LogP contribution is 2.36. The number of aromatic nitrogens is 1. The average Bonchev–Trinajstić information content (AvgIpc) is 3.17. The van der Waals surface area contributed by atoms with Gasteiger partial charge >= 0.3 is 0 Å². The van der Waals surface area contributed by atoms with Gasteiger partial charge in [-0.05, 0) is 67.2 Å². The van der Waals surface area contributed by atoms with Crippen LogP contribution in [0.15, 0.2) is 83.8 Å². The summed E-state index contributed by atoms with van der Waals surface area (Å²) in [5.41, 5.74) is 8.71. The van der Waals surface area contributed by atoms with Crippen LogP contribution in [0.5, 0.6) is 0 Å². The Balaban J connectivity index is 1.45. The summed E-state index contributed by atoms with van der Waals surface area (Å²) >= 11 is 0. The van der Waals surface area contributed by atoms with Crippen LogP contribution < -0.4 is 0 Å². The number of aryl methyl sites for hydroxylation is 2. The fraction of sp³-hybridized carbons (Fsp3) is 0.290. The van der Waals surface area contributed by atoms with Gasteiger partial charge in [-0.15, -0.1) is 0 Å². The summed E-state index contributed by atoms with van der Waals surface area (Å²) in [4.78, 5) is 0.380. The highest BCUT2D eigenvalue weighted by Gasteiger charge is 2.28. The minimum atomic E-state index is -3.51. The number of hydrogen-bond donors (Lipinski definition) is 0. The van der Waals surface area contributed by atoms with E-state index in [0.29, 0.717) is 24.4 Å². The van der Waals surface area contributed by atoms with Crippen LogP contribution in [-0.2, 0) is 23.0 Å². The number of benzene rings is 3. The molecule has 1 aliphatic heterocycles. The molecule has 1 aliphatic rings. The summed E-state index contributed by atoms with van der Waals surface area (Å²) < 4.78 is 30.6. The average molecular weight is 499 g/mol. The van der Waals surface area contributed by atoms with E-state index >= 15 is 0 Å². The van der Waals surface area contributed by atoms with E-state index < -0.39 is 10.0 Å². The van der Waals surface area contributed by atoms with Gasteiger partial charge in [0.05, 0.1) is 4.90 Å². The normalized spacial score (nSPS) is 14.8. The number of rotatable bonds is 7. The van der Waals surface area contributed by atoms with Gasteiger partial charge in [-0.3, -0.25) is 0 Å². The highest BCUT2D eigenvalue weighted by molar-refractivity contribution is 7.89. The van der Waals surface area contributed by atoms with Crippen LogP contribution >= 0.6 is 0 Å². The molecule has 4 nitrogen and oxygen atoms in total. The molecule has 4 aromatic rings. The van der Waals surface area contributed by atoms with Crippen molar-refractivity contribution >= 4 is 26.5 Å². The van der Waals surface area contributed by atoms with Crippen LogP contribution in [0.25, 0.3) is 16.5 Å². The van der Waals surface area contributed by atoms with Crippen molar-refractivity contribution in [3.63, 3.8) is 0 Å². The van der Waals surface area contributed by atoms with Crippen molar-refractivity contribution in [1.82, 2.24) is 8.87 Å². The van der Waals surface area contributed by atoms with Gasteiger partial charge in [0, 0.05) is 41.8 Å². The van der Waals surface area contributed by atoms with Crippen LogP contribution in [0.2, 0.25) is 0 Å². The van der Waals surface area contributed by atoms with E-state index in [9.17, 15) is 8.42 Å². The first-order chi connectivity index (χ1) is 17.4. The molecule has 0 amide bonds. The van der Waals surface area contributed by atoms with Crippen LogP contribution in [0, 0.1) is 13.8 Å². The summed E-state index contributed by atoms with van der Waals surface area (Å²) in [6.45, 7) is 8.18. The maximum absolute atomic E-state index is 13.3. The van der Waals surface area contributed by atoms with Crippen molar-refractivity contribution in [3.05, 3.63) is 107 Å². The second-order valence-corrected chi connectivity index (χ2v) is 11.7. The van der Waals surface area contributed by atoms with E-state index in [2.05, 4.69) is 79.9 Å². The first-order valence-electron chi connectivity index (χ1n) is 12.8. The van der Waals surface area contributed by atoms with Crippen molar-refractivity contribution in [3.8, 4) is 0 Å². The van der Waals surface area contributed by atoms with Crippen molar-refractivity contribution in [2.45, 2.75) is 51.5 Å². The first-order valence-corrected chi connectivity index (χ1v) is 14.2. The summed E-state index contributed by atoms with van der Waals surface area (Å²) in [5, 5.41) is 1.23. The van der Waals surface area contributed by atoms with Gasteiger partial charge < -0.3 is 4.57 Å². The molecule has 0 saturated carbocycles. The zero-order valence-corrected chi connectivity index (χ0v) is 22.2. The summed E-state index contributed by atoms with van der Waals surface area (Å²) in [6, 6.07) is 24.5. The summed E-state index contributed by atoms with van der Waals surface area (Å²) in [5.74, 6) is 0. The Labute approximate surface area is 214 Å². The largest absolute Gasteiger partial charge is 0.340 e. The Morgan fingerprint density at radius 1 is 0.889 bits per heavy atom. The third kappa shape index (κ3) is 4.54. The molecule has 2 heterocycles. The van der Waals surface area contributed by atoms with Crippen LogP contribution in [-0.4, -0.2) is 30.4 Å². The van der Waals surface area contributed by atoms with Crippen molar-refractivity contribution in [2.24, 2.45) is 0 Å². The molecule has 0 spiro atoms. The second-order valence-electron chi connectivity index (χ2n) is 9.73. The first kappa shape index (κ1) is 24.5. The van der Waals surface area contributed by atoms with Crippen LogP contribution in [0.1, 0.15) is 47.7 Å². The molecule has 0 radical (unpaired) electrons. The molecule has 0 aliphatic carbocycles. The molecular formula is C31H34N2O2S. The number of sulfonamides is 1. The smallest absolute Gasteiger partial charge is 0.243 e. The number of para-hydroxylation sites is 1. The van der Waals surface area contributed by atoms with Gasteiger partial charge in [0.2, 0.25) is 10.0 Å². The van der Waals surface area contributed by atoms with Crippen molar-refractivity contribution < 1.29 is 8.42 Å². The lowest BCUT2D eigenvalue weighted by Gasteiger charge is -2.26. The molecule has 3 aromatic carbocycles. The lowest BCUT2D eigenvalue weighted by molar-refractivity contribution is 0.441. The molecule has 1 aromatic heterocycles. The Morgan fingerprint density at radius 2 is 1.61 bits per heavy atom. The molecule has 0 N–H and O–H groups in total. The van der Waals surface area contributed by atoms with Gasteiger partial charge in [-0.2, -0.15) is 4.31 Å². The molecule has 0 fully saturated rings. The van der Waals surface area contributed by atoms with E-state index in [4.69, 9.17) is 0 Å². The summed E-state index contributed by atoms with van der Waals surface area (Å²) in [6.07, 6.45) is 4.82. The molecule has 186 valence electrons. The fourth-order valence-corrected chi connectivity index (χ4v) is 6.74. The molecule has 5 heteroatoms. The van der Waals surface area contributed by atoms with Crippen LogP contribution in [0.4, 0.5) is 0 Å². The Hall–Kier alpha value is -3.15. The van der Waals surface area contributed by atoms with E-state index in [1.165, 1.54) is 44.4 Å². The van der Waals surface area contributed by atoms with E-state index in [-0.39, 0.29) is 0 Å². The number of nitrogens with zero attached hydrogens (tertiary/aromatic N) is 2. The van der Waals surface area contributed by atoms with Crippen molar-refractivity contribution in [2.75, 3.05) is 13.1 Å². The summed E-state index contributed by atoms with van der Waals surface area (Å²) in [7, 11) is -3.51. The predicted molar refractivity (Wildman–Crippen MR) is 149 cm³/mol. The van der Waals surface area contributed by atoms with Gasteiger partial charge in [0.1, 0.15) is 0 Å². The van der Waals surface area contributed by atoms with Gasteiger partial charge in [0.15, 0.2) is 0 Å². The van der Waals surface area contributed by atoms with E-state index in [1.807, 2.05) is 12.1 Å². The zero-order chi connectivity index (χ0) is 25.3. The molecule has 36 heavy (non-hydrogen) atoms. The van der Waals surface area contributed by atoms with Gasteiger partial charge in [-0.25, -0.2) is 8.42 Å². The molecule has 5 rings (SSSR count). The SMILES string of the molecule is CCCc1ccc(S(=O)(=O)N2CC=C(c3c(C)n(Cc4ccccc4C)c4ccccc34)CC2)cc1. The molecule has 0 bridgehead atoms. The van der Waals surface area contributed by atoms with E-state index in [0.717, 1.165) is 19.4 Å². The number of fused-ring (bicyclic) bond motifs is 1.